The van der Waals surface area contributed by atoms with Gasteiger partial charge in [0.25, 0.3) is 0 Å². The summed E-state index contributed by atoms with van der Waals surface area (Å²) in [6.45, 7) is 4.44. The van der Waals surface area contributed by atoms with Crippen molar-refractivity contribution in [1.82, 2.24) is 4.90 Å². The van der Waals surface area contributed by atoms with Gasteiger partial charge in [-0.15, -0.1) is 24.8 Å². The number of nitrogens with zero attached hydrogens (tertiary/aromatic N) is 3. The molecule has 5 rings (SSSR count). The Kier molecular flexibility index (Phi) is 4.67. The van der Waals surface area contributed by atoms with E-state index in [2.05, 4.69) is 46.1 Å². The number of para-hydroxylation sites is 1. The van der Waals surface area contributed by atoms with Gasteiger partial charge in [-0.3, -0.25) is 4.99 Å². The lowest BCUT2D eigenvalue weighted by atomic mass is 9.90. The van der Waals surface area contributed by atoms with E-state index in [-0.39, 0.29) is 24.8 Å². The summed E-state index contributed by atoms with van der Waals surface area (Å²) in [5.41, 5.74) is 8.74. The third-order valence-corrected chi connectivity index (χ3v) is 5.56. The molecule has 4 aliphatic rings. The average Bonchev–Trinajstić information content (AvgIpc) is 2.93. The molecule has 1 aromatic rings. The van der Waals surface area contributed by atoms with E-state index in [4.69, 9.17) is 0 Å². The maximum absolute atomic E-state index is 4.47. The van der Waals surface area contributed by atoms with Gasteiger partial charge in [0, 0.05) is 29.7 Å². The number of hydrogen-bond donors (Lipinski definition) is 0. The lowest BCUT2D eigenvalue weighted by molar-refractivity contribution is 0.402. The summed E-state index contributed by atoms with van der Waals surface area (Å²) in [6, 6.07) is 6.79. The normalized spacial score (nSPS) is 23.4. The molecule has 0 amide bonds. The second-order valence-electron chi connectivity index (χ2n) is 6.80. The zero-order valence-corrected chi connectivity index (χ0v) is 15.5. The van der Waals surface area contributed by atoms with Crippen molar-refractivity contribution in [3.05, 3.63) is 46.9 Å². The van der Waals surface area contributed by atoms with Crippen molar-refractivity contribution in [3.8, 4) is 0 Å². The smallest absolute Gasteiger partial charge is 0.0692 e. The lowest BCUT2D eigenvalue weighted by Gasteiger charge is -2.37. The van der Waals surface area contributed by atoms with Crippen LogP contribution < -0.4 is 4.90 Å². The average molecular weight is 364 g/mol. The maximum atomic E-state index is 4.47. The molecule has 3 aliphatic heterocycles. The van der Waals surface area contributed by atoms with Crippen LogP contribution in [0, 0.1) is 5.92 Å². The van der Waals surface area contributed by atoms with Crippen molar-refractivity contribution in [3.63, 3.8) is 0 Å². The van der Waals surface area contributed by atoms with Crippen LogP contribution in [0.5, 0.6) is 0 Å². The number of rotatable bonds is 0. The molecule has 0 saturated carbocycles. The van der Waals surface area contributed by atoms with E-state index < -0.39 is 0 Å². The van der Waals surface area contributed by atoms with Crippen LogP contribution in [0.4, 0.5) is 5.69 Å². The van der Waals surface area contributed by atoms with E-state index in [1.165, 1.54) is 48.2 Å². The van der Waals surface area contributed by atoms with Crippen LogP contribution in [0.1, 0.15) is 37.3 Å². The van der Waals surface area contributed by atoms with Crippen LogP contribution >= 0.6 is 24.8 Å². The van der Waals surface area contributed by atoms with Gasteiger partial charge in [-0.05, 0) is 37.2 Å². The molecule has 1 aliphatic carbocycles. The number of allylic oxidation sites excluding steroid dienone is 2. The van der Waals surface area contributed by atoms with Crippen molar-refractivity contribution in [2.45, 2.75) is 32.6 Å². The highest BCUT2D eigenvalue weighted by Crippen LogP contribution is 2.48. The molecule has 0 aromatic heterocycles. The van der Waals surface area contributed by atoms with Crippen LogP contribution in [-0.4, -0.2) is 24.2 Å². The van der Waals surface area contributed by atoms with Gasteiger partial charge in [0.1, 0.15) is 0 Å². The highest BCUT2D eigenvalue weighted by Gasteiger charge is 2.37. The molecule has 24 heavy (non-hydrogen) atoms. The minimum atomic E-state index is 0. The molecule has 3 nitrogen and oxygen atoms in total. The van der Waals surface area contributed by atoms with Crippen LogP contribution in [-0.2, 0) is 6.42 Å². The van der Waals surface area contributed by atoms with Crippen molar-refractivity contribution < 1.29 is 0 Å². The van der Waals surface area contributed by atoms with E-state index in [9.17, 15) is 0 Å². The Morgan fingerprint density at radius 3 is 2.88 bits per heavy atom. The first-order valence-electron chi connectivity index (χ1n) is 8.47. The fourth-order valence-electron chi connectivity index (χ4n) is 4.62. The van der Waals surface area contributed by atoms with E-state index >= 15 is 0 Å². The predicted octanol–water partition coefficient (Wildman–Crippen LogP) is 4.62. The van der Waals surface area contributed by atoms with Gasteiger partial charge in [-0.25, -0.2) is 0 Å². The predicted molar refractivity (Wildman–Crippen MR) is 105 cm³/mol. The van der Waals surface area contributed by atoms with E-state index in [0.29, 0.717) is 5.92 Å². The topological polar surface area (TPSA) is 18.8 Å². The maximum Gasteiger partial charge on any atom is 0.0692 e. The first-order chi connectivity index (χ1) is 10.8. The highest BCUT2D eigenvalue weighted by atomic mass is 35.5. The Balaban J connectivity index is 0.000000845. The molecule has 0 bridgehead atoms. The van der Waals surface area contributed by atoms with E-state index in [0.717, 1.165) is 13.1 Å². The molecule has 0 radical (unpaired) electrons. The Morgan fingerprint density at radius 1 is 1.12 bits per heavy atom. The molecule has 0 spiro atoms. The van der Waals surface area contributed by atoms with Gasteiger partial charge in [0.15, 0.2) is 0 Å². The Morgan fingerprint density at radius 2 is 2.00 bits per heavy atom. The van der Waals surface area contributed by atoms with Crippen LogP contribution in [0.15, 0.2) is 40.8 Å². The minimum Gasteiger partial charge on any atom is -0.342 e. The summed E-state index contributed by atoms with van der Waals surface area (Å²) in [4.78, 5) is 9.62. The fourth-order valence-corrected chi connectivity index (χ4v) is 4.62. The third-order valence-electron chi connectivity index (χ3n) is 5.56. The Bertz CT molecular complexity index is 751. The molecule has 128 valence electrons. The molecule has 1 unspecified atom stereocenters. The molecule has 1 atom stereocenters. The van der Waals surface area contributed by atoms with Crippen molar-refractivity contribution in [2.24, 2.45) is 10.9 Å². The van der Waals surface area contributed by atoms with Crippen LogP contribution in [0.25, 0.3) is 5.70 Å². The van der Waals surface area contributed by atoms with Gasteiger partial charge >= 0.3 is 0 Å². The van der Waals surface area contributed by atoms with Crippen LogP contribution in [0.3, 0.4) is 0 Å². The minimum absolute atomic E-state index is 0. The second kappa shape index (κ2) is 6.45. The summed E-state index contributed by atoms with van der Waals surface area (Å²) in [6.07, 6.45) is 9.11. The highest BCUT2D eigenvalue weighted by molar-refractivity contribution is 5.86. The lowest BCUT2D eigenvalue weighted by Crippen LogP contribution is -2.33. The molecule has 0 N–H and O–H groups in total. The number of anilines is 1. The Labute approximate surface area is 155 Å². The summed E-state index contributed by atoms with van der Waals surface area (Å²) >= 11 is 0. The van der Waals surface area contributed by atoms with Gasteiger partial charge in [0.05, 0.1) is 24.1 Å². The van der Waals surface area contributed by atoms with Crippen LogP contribution in [0.2, 0.25) is 0 Å². The number of hydrogen-bond acceptors (Lipinski definition) is 3. The van der Waals surface area contributed by atoms with E-state index in [1.807, 2.05) is 6.21 Å². The molecule has 0 fully saturated rings. The summed E-state index contributed by atoms with van der Waals surface area (Å²) in [5.74, 6) is 0.636. The monoisotopic (exact) mass is 363 g/mol. The summed E-state index contributed by atoms with van der Waals surface area (Å²) in [7, 11) is 0. The Hall–Kier alpha value is -1.45. The number of fused-ring (bicyclic) bond motifs is 4. The number of halogens is 2. The summed E-state index contributed by atoms with van der Waals surface area (Å²) in [5, 5.41) is 0. The quantitative estimate of drug-likeness (QED) is 0.669. The van der Waals surface area contributed by atoms with E-state index in [1.54, 1.807) is 11.4 Å². The third kappa shape index (κ3) is 2.29. The molecule has 3 heterocycles. The summed E-state index contributed by atoms with van der Waals surface area (Å²) < 4.78 is 0. The molecular formula is C19H23Cl2N3. The van der Waals surface area contributed by atoms with Gasteiger partial charge in [0.2, 0.25) is 0 Å². The largest absolute Gasteiger partial charge is 0.342 e. The molecule has 0 saturated heterocycles. The SMILES string of the molecule is CC1CCCC2=C1N1CC=NC=C1c1cccc3c1N2CC3.Cl.Cl. The van der Waals surface area contributed by atoms with Gasteiger partial charge in [-0.1, -0.05) is 25.1 Å². The second-order valence-corrected chi connectivity index (χ2v) is 6.80. The molecular weight excluding hydrogens is 341 g/mol. The number of benzene rings is 1. The molecule has 5 heteroatoms. The first kappa shape index (κ1) is 17.4. The van der Waals surface area contributed by atoms with Crippen molar-refractivity contribution >= 4 is 42.4 Å². The zero-order valence-electron chi connectivity index (χ0n) is 13.9. The fraction of sp³-hybridized carbons (Fsp3) is 0.421. The van der Waals surface area contributed by atoms with Crippen molar-refractivity contribution in [1.29, 1.82) is 0 Å². The van der Waals surface area contributed by atoms with Gasteiger partial charge < -0.3 is 9.80 Å². The first-order valence-corrected chi connectivity index (χ1v) is 8.47. The van der Waals surface area contributed by atoms with Crippen molar-refractivity contribution in [2.75, 3.05) is 18.0 Å². The zero-order chi connectivity index (χ0) is 14.7. The molecule has 1 aromatic carbocycles. The standard InChI is InChI=1S/C19H21N3.2ClH/c1-13-4-2-7-16-18(13)22-11-9-20-12-17(22)15-6-3-5-14-8-10-21(16)19(14)15;;/h3,5-6,9,12-13H,2,4,7-8,10-11H2,1H3;2*1H. The van der Waals surface area contributed by atoms with Gasteiger partial charge in [-0.2, -0.15) is 0 Å². The number of aliphatic imine (C=N–C) groups is 1.